The summed E-state index contributed by atoms with van der Waals surface area (Å²) in [5.74, 6) is 1.10. The third kappa shape index (κ3) is 2.14. The molecular formula is C12H14N2O4. The Morgan fingerprint density at radius 3 is 1.44 bits per heavy atom. The summed E-state index contributed by atoms with van der Waals surface area (Å²) < 4.78 is 10.1. The fourth-order valence-electron chi connectivity index (χ4n) is 2.66. The van der Waals surface area contributed by atoms with E-state index in [1.54, 1.807) is 0 Å². The standard InChI is InChI=1S/C12H14N2O4/c15-9-5-13-11(17-9)7-1-2-8(4-3-7)12-14-6-10(16)18-12/h7-8H,1-6H2. The number of nitrogens with zero attached hydrogens (tertiary/aromatic N) is 2. The van der Waals surface area contributed by atoms with Gasteiger partial charge >= 0.3 is 11.9 Å². The molecule has 0 bridgehead atoms. The number of cyclic esters (lactones) is 2. The van der Waals surface area contributed by atoms with Crippen LogP contribution in [0.5, 0.6) is 0 Å². The van der Waals surface area contributed by atoms with Crippen molar-refractivity contribution in [2.45, 2.75) is 25.7 Å². The summed E-state index contributed by atoms with van der Waals surface area (Å²) in [7, 11) is 0. The molecule has 3 aliphatic rings. The van der Waals surface area contributed by atoms with E-state index in [0.29, 0.717) is 11.8 Å². The molecule has 2 aliphatic heterocycles. The van der Waals surface area contributed by atoms with Crippen LogP contribution in [-0.2, 0) is 19.1 Å². The number of esters is 2. The maximum absolute atomic E-state index is 11.0. The van der Waals surface area contributed by atoms with Crippen molar-refractivity contribution >= 4 is 23.7 Å². The van der Waals surface area contributed by atoms with Gasteiger partial charge in [0.1, 0.15) is 13.1 Å². The topological polar surface area (TPSA) is 77.3 Å². The highest BCUT2D eigenvalue weighted by Crippen LogP contribution is 2.32. The smallest absolute Gasteiger partial charge is 0.334 e. The molecule has 0 unspecified atom stereocenters. The first-order chi connectivity index (χ1) is 8.72. The number of hydrogen-bond acceptors (Lipinski definition) is 6. The predicted molar refractivity (Wildman–Crippen MR) is 62.2 cm³/mol. The van der Waals surface area contributed by atoms with Gasteiger partial charge in [0, 0.05) is 11.8 Å². The zero-order valence-corrected chi connectivity index (χ0v) is 9.92. The van der Waals surface area contributed by atoms with E-state index < -0.39 is 0 Å². The number of hydrogen-bond donors (Lipinski definition) is 0. The second kappa shape index (κ2) is 4.51. The molecule has 3 rings (SSSR count). The van der Waals surface area contributed by atoms with Crippen LogP contribution in [0.25, 0.3) is 0 Å². The first kappa shape index (κ1) is 11.4. The van der Waals surface area contributed by atoms with Crippen molar-refractivity contribution in [1.82, 2.24) is 0 Å². The molecule has 0 N–H and O–H groups in total. The van der Waals surface area contributed by atoms with Crippen LogP contribution in [0.1, 0.15) is 25.7 Å². The van der Waals surface area contributed by atoms with Gasteiger partial charge in [-0.15, -0.1) is 0 Å². The molecule has 0 aromatic carbocycles. The van der Waals surface area contributed by atoms with Crippen molar-refractivity contribution in [3.8, 4) is 0 Å². The van der Waals surface area contributed by atoms with E-state index in [1.165, 1.54) is 0 Å². The summed E-state index contributed by atoms with van der Waals surface area (Å²) in [5, 5.41) is 0. The Morgan fingerprint density at radius 2 is 1.17 bits per heavy atom. The second-order valence-corrected chi connectivity index (χ2v) is 4.81. The van der Waals surface area contributed by atoms with E-state index in [9.17, 15) is 9.59 Å². The average Bonchev–Trinajstić information content (AvgIpc) is 2.98. The first-order valence-corrected chi connectivity index (χ1v) is 6.22. The first-order valence-electron chi connectivity index (χ1n) is 6.22. The van der Waals surface area contributed by atoms with Crippen LogP contribution >= 0.6 is 0 Å². The summed E-state index contributed by atoms with van der Waals surface area (Å²) in [6, 6.07) is 0. The summed E-state index contributed by atoms with van der Waals surface area (Å²) >= 11 is 0. The van der Waals surface area contributed by atoms with Crippen molar-refractivity contribution in [2.24, 2.45) is 21.8 Å². The van der Waals surface area contributed by atoms with E-state index in [4.69, 9.17) is 9.47 Å². The SMILES string of the molecule is O=C1CN=C(C2CCC(C3=NCC(=O)O3)CC2)O1. The molecule has 6 heteroatoms. The number of carbonyl (C=O) groups excluding carboxylic acids is 2. The summed E-state index contributed by atoms with van der Waals surface area (Å²) in [4.78, 5) is 30.2. The Labute approximate surface area is 104 Å². The minimum atomic E-state index is -0.263. The van der Waals surface area contributed by atoms with E-state index >= 15 is 0 Å². The molecule has 0 atom stereocenters. The van der Waals surface area contributed by atoms with Gasteiger partial charge in [0.2, 0.25) is 0 Å². The maximum Gasteiger partial charge on any atom is 0.334 e. The highest BCUT2D eigenvalue weighted by atomic mass is 16.6. The van der Waals surface area contributed by atoms with Gasteiger partial charge in [-0.05, 0) is 25.7 Å². The molecule has 0 amide bonds. The van der Waals surface area contributed by atoms with Crippen LogP contribution in [0.2, 0.25) is 0 Å². The van der Waals surface area contributed by atoms with Crippen LogP contribution < -0.4 is 0 Å². The van der Waals surface area contributed by atoms with Gasteiger partial charge in [-0.1, -0.05) is 0 Å². The lowest BCUT2D eigenvalue weighted by Gasteiger charge is -2.26. The van der Waals surface area contributed by atoms with Crippen LogP contribution in [0.3, 0.4) is 0 Å². The second-order valence-electron chi connectivity index (χ2n) is 4.81. The summed E-state index contributed by atoms with van der Waals surface area (Å²) in [6.45, 7) is 0.305. The number of ether oxygens (including phenoxy) is 2. The molecule has 1 saturated carbocycles. The van der Waals surface area contributed by atoms with E-state index in [-0.39, 0.29) is 36.9 Å². The van der Waals surface area contributed by atoms with E-state index in [0.717, 1.165) is 25.7 Å². The van der Waals surface area contributed by atoms with Crippen molar-refractivity contribution in [2.75, 3.05) is 13.1 Å². The van der Waals surface area contributed by atoms with Crippen LogP contribution in [0, 0.1) is 11.8 Å². The van der Waals surface area contributed by atoms with Gasteiger partial charge in [0.15, 0.2) is 11.8 Å². The van der Waals surface area contributed by atoms with E-state index in [2.05, 4.69) is 9.98 Å². The van der Waals surface area contributed by atoms with Gasteiger partial charge in [-0.25, -0.2) is 19.6 Å². The fourth-order valence-corrected chi connectivity index (χ4v) is 2.66. The largest absolute Gasteiger partial charge is 0.410 e. The maximum atomic E-state index is 11.0. The lowest BCUT2D eigenvalue weighted by atomic mass is 9.81. The third-order valence-corrected chi connectivity index (χ3v) is 3.59. The van der Waals surface area contributed by atoms with Gasteiger partial charge in [0.25, 0.3) is 0 Å². The number of aliphatic imine (C=N–C) groups is 2. The molecule has 0 spiro atoms. The fraction of sp³-hybridized carbons (Fsp3) is 0.667. The van der Waals surface area contributed by atoms with Crippen LogP contribution in [0.15, 0.2) is 9.98 Å². The number of carbonyl (C=O) groups is 2. The van der Waals surface area contributed by atoms with Crippen LogP contribution in [0.4, 0.5) is 0 Å². The number of rotatable bonds is 2. The Kier molecular flexibility index (Phi) is 2.85. The molecule has 0 radical (unpaired) electrons. The van der Waals surface area contributed by atoms with Gasteiger partial charge < -0.3 is 9.47 Å². The Morgan fingerprint density at radius 1 is 0.778 bits per heavy atom. The molecule has 0 aromatic heterocycles. The van der Waals surface area contributed by atoms with Crippen molar-refractivity contribution in [3.63, 3.8) is 0 Å². The molecule has 6 nitrogen and oxygen atoms in total. The highest BCUT2D eigenvalue weighted by molar-refractivity contribution is 5.97. The van der Waals surface area contributed by atoms with Gasteiger partial charge in [-0.3, -0.25) is 0 Å². The summed E-state index contributed by atoms with van der Waals surface area (Å²) in [6.07, 6.45) is 3.58. The molecule has 2 heterocycles. The molecule has 0 aromatic rings. The molecule has 96 valence electrons. The molecule has 0 saturated heterocycles. The lowest BCUT2D eigenvalue weighted by molar-refractivity contribution is -0.133. The van der Waals surface area contributed by atoms with Crippen molar-refractivity contribution in [3.05, 3.63) is 0 Å². The Balaban J connectivity index is 1.55. The normalized spacial score (nSPS) is 31.8. The molecule has 1 fully saturated rings. The molecular weight excluding hydrogens is 236 g/mol. The highest BCUT2D eigenvalue weighted by Gasteiger charge is 2.34. The average molecular weight is 250 g/mol. The van der Waals surface area contributed by atoms with E-state index in [1.807, 2.05) is 0 Å². The van der Waals surface area contributed by atoms with Gasteiger partial charge in [-0.2, -0.15) is 0 Å². The minimum absolute atomic E-state index is 0.152. The Bertz CT molecular complexity index is 405. The summed E-state index contributed by atoms with van der Waals surface area (Å²) in [5.41, 5.74) is 0. The minimum Gasteiger partial charge on any atom is -0.410 e. The predicted octanol–water partition coefficient (Wildman–Crippen LogP) is 0.703. The zero-order chi connectivity index (χ0) is 12.5. The molecule has 18 heavy (non-hydrogen) atoms. The van der Waals surface area contributed by atoms with Gasteiger partial charge in [0.05, 0.1) is 0 Å². The van der Waals surface area contributed by atoms with Crippen molar-refractivity contribution in [1.29, 1.82) is 0 Å². The zero-order valence-electron chi connectivity index (χ0n) is 9.92. The Hall–Kier alpha value is -1.72. The molecule has 1 aliphatic carbocycles. The lowest BCUT2D eigenvalue weighted by Crippen LogP contribution is -2.27. The van der Waals surface area contributed by atoms with Crippen LogP contribution in [-0.4, -0.2) is 36.8 Å². The quantitative estimate of drug-likeness (QED) is 0.676. The van der Waals surface area contributed by atoms with Crippen molar-refractivity contribution < 1.29 is 19.1 Å². The third-order valence-electron chi connectivity index (χ3n) is 3.59. The monoisotopic (exact) mass is 250 g/mol.